The molecule has 13 atom stereocenters. The summed E-state index contributed by atoms with van der Waals surface area (Å²) in [4.78, 5) is 12.4. The van der Waals surface area contributed by atoms with E-state index in [1.165, 1.54) is 102 Å². The molecule has 0 radical (unpaired) electrons. The lowest BCUT2D eigenvalue weighted by Crippen LogP contribution is -2.60. The molecule has 3 saturated carbocycles. The monoisotopic (exact) mass is 759 g/mol. The van der Waals surface area contributed by atoms with Gasteiger partial charge in [-0.25, -0.2) is 0 Å². The van der Waals surface area contributed by atoms with Crippen molar-refractivity contribution in [2.24, 2.45) is 46.3 Å². The number of aliphatic hydroxyl groups is 3. The minimum Gasteiger partial charge on any atom is -0.463 e. The molecule has 4 aliphatic carbocycles. The third-order valence-corrected chi connectivity index (χ3v) is 15.7. The molecule has 4 fully saturated rings. The number of carbonyl (C=O) groups is 1. The smallest absolute Gasteiger partial charge is 0.305 e. The highest BCUT2D eigenvalue weighted by Crippen LogP contribution is 2.67. The maximum absolute atomic E-state index is 12.4. The van der Waals surface area contributed by atoms with Gasteiger partial charge in [0.25, 0.3) is 0 Å². The summed E-state index contributed by atoms with van der Waals surface area (Å²) in [6, 6.07) is 0. The average Bonchev–Trinajstić information content (AvgIpc) is 3.50. The van der Waals surface area contributed by atoms with Crippen LogP contribution in [0.1, 0.15) is 189 Å². The second-order valence-corrected chi connectivity index (χ2v) is 19.8. The van der Waals surface area contributed by atoms with E-state index in [4.69, 9.17) is 14.2 Å². The van der Waals surface area contributed by atoms with Crippen molar-refractivity contribution in [3.05, 3.63) is 11.6 Å². The molecule has 3 N–H and O–H groups in total. The molecule has 1 heterocycles. The third kappa shape index (κ3) is 10.7. The first-order valence-electron chi connectivity index (χ1n) is 23.1. The van der Waals surface area contributed by atoms with Gasteiger partial charge in [-0.2, -0.15) is 0 Å². The minimum atomic E-state index is -1.41. The molecule has 1 saturated heterocycles. The van der Waals surface area contributed by atoms with Crippen LogP contribution in [0.25, 0.3) is 0 Å². The predicted molar refractivity (Wildman–Crippen MR) is 217 cm³/mol. The Kier molecular flexibility index (Phi) is 16.8. The first-order valence-corrected chi connectivity index (χ1v) is 23.1. The van der Waals surface area contributed by atoms with Crippen LogP contribution >= 0.6 is 0 Å². The van der Waals surface area contributed by atoms with E-state index in [1.807, 2.05) is 0 Å². The van der Waals surface area contributed by atoms with Crippen LogP contribution in [0.5, 0.6) is 0 Å². The normalized spacial score (nSPS) is 38.4. The SMILES string of the molecule is CCCCCCCCCCCCCC(=O)OC[C@H]1O[C@H](O)[C@H](O[C@H]2CC[C@@]3(C)C(=CC[C@H]4[C@@H]5CC[C@H]([C@H](C)CCCC(C)C)[C@@]5(C)CC[C@@H]43)C2)[C@@H](O)[C@@H]1O. The van der Waals surface area contributed by atoms with Crippen molar-refractivity contribution in [3.8, 4) is 0 Å². The molecule has 0 aromatic carbocycles. The maximum atomic E-state index is 12.4. The van der Waals surface area contributed by atoms with Gasteiger partial charge in [0, 0.05) is 6.42 Å². The van der Waals surface area contributed by atoms with Gasteiger partial charge in [-0.15, -0.1) is 0 Å². The molecule has 0 aromatic rings. The number of unbranched alkanes of at least 4 members (excludes halogenated alkanes) is 10. The highest BCUT2D eigenvalue weighted by molar-refractivity contribution is 5.69. The molecule has 0 spiro atoms. The number of ether oxygens (including phenoxy) is 3. The molecule has 312 valence electrons. The Hall–Kier alpha value is -0.990. The topological polar surface area (TPSA) is 105 Å². The summed E-state index contributed by atoms with van der Waals surface area (Å²) < 4.78 is 17.5. The summed E-state index contributed by atoms with van der Waals surface area (Å²) in [5.41, 5.74) is 2.13. The van der Waals surface area contributed by atoms with Crippen molar-refractivity contribution in [2.45, 2.75) is 226 Å². The fourth-order valence-corrected chi connectivity index (χ4v) is 12.4. The molecule has 0 amide bonds. The quantitative estimate of drug-likeness (QED) is 0.0608. The fraction of sp³-hybridized carbons (Fsp3) is 0.936. The Morgan fingerprint density at radius 2 is 1.52 bits per heavy atom. The number of esters is 1. The zero-order valence-corrected chi connectivity index (χ0v) is 35.5. The van der Waals surface area contributed by atoms with Gasteiger partial charge in [0.2, 0.25) is 0 Å². The number of carbonyl (C=O) groups excluding carboxylic acids is 1. The van der Waals surface area contributed by atoms with E-state index in [9.17, 15) is 20.1 Å². The van der Waals surface area contributed by atoms with E-state index in [2.05, 4.69) is 47.6 Å². The van der Waals surface area contributed by atoms with E-state index in [0.29, 0.717) is 17.8 Å². The molecule has 1 aliphatic heterocycles. The summed E-state index contributed by atoms with van der Waals surface area (Å²) in [5.74, 6) is 4.43. The standard InChI is InChI=1S/C47H82O7/c1-7-8-9-10-11-12-13-14-15-16-17-21-41(48)52-31-40-42(49)43(50)44(45(51)54-40)53-35-26-28-46(5)34(30-35)22-23-36-38-25-24-37(33(4)20-18-19-32(2)3)47(38,6)29-27-39(36)46/h22,32-33,35-40,42-45,49-51H,7-21,23-31H2,1-6H3/t33-,35+,36+,37-,38+,39+,40-,42-,43+,44-,45+,46+,47-/m1/s1. The van der Waals surface area contributed by atoms with Crippen molar-refractivity contribution in [2.75, 3.05) is 6.61 Å². The summed E-state index contributed by atoms with van der Waals surface area (Å²) in [5, 5.41) is 33.0. The van der Waals surface area contributed by atoms with Crippen LogP contribution in [0.3, 0.4) is 0 Å². The van der Waals surface area contributed by atoms with Crippen LogP contribution in [0, 0.1) is 46.3 Å². The summed E-state index contributed by atoms with van der Waals surface area (Å²) in [6.07, 6.45) is 23.4. The highest BCUT2D eigenvalue weighted by atomic mass is 16.7. The fourth-order valence-electron chi connectivity index (χ4n) is 12.4. The number of hydrogen-bond acceptors (Lipinski definition) is 7. The molecule has 54 heavy (non-hydrogen) atoms. The first-order chi connectivity index (χ1) is 25.9. The third-order valence-electron chi connectivity index (χ3n) is 15.7. The van der Waals surface area contributed by atoms with Crippen molar-refractivity contribution in [1.29, 1.82) is 0 Å². The number of allylic oxidation sites excluding steroid dienone is 1. The molecule has 0 unspecified atom stereocenters. The number of aliphatic hydroxyl groups excluding tert-OH is 3. The molecule has 0 aromatic heterocycles. The number of fused-ring (bicyclic) bond motifs is 5. The van der Waals surface area contributed by atoms with Gasteiger partial charge in [-0.05, 0) is 104 Å². The van der Waals surface area contributed by atoms with E-state index in [-0.39, 0.29) is 24.1 Å². The van der Waals surface area contributed by atoms with Crippen LogP contribution in [-0.4, -0.2) is 64.7 Å². The Bertz CT molecular complexity index is 1170. The molecule has 0 bridgehead atoms. The highest BCUT2D eigenvalue weighted by Gasteiger charge is 2.59. The van der Waals surface area contributed by atoms with E-state index in [1.54, 1.807) is 0 Å². The lowest BCUT2D eigenvalue weighted by molar-refractivity contribution is -0.305. The molecule has 7 nitrogen and oxygen atoms in total. The Labute approximate surface area is 330 Å². The van der Waals surface area contributed by atoms with E-state index in [0.717, 1.165) is 74.5 Å². The van der Waals surface area contributed by atoms with Gasteiger partial charge in [-0.3, -0.25) is 4.79 Å². The second kappa shape index (κ2) is 20.6. The number of rotatable bonds is 21. The first kappa shape index (κ1) is 44.1. The van der Waals surface area contributed by atoms with Gasteiger partial charge >= 0.3 is 5.97 Å². The Morgan fingerprint density at radius 3 is 2.20 bits per heavy atom. The predicted octanol–water partition coefficient (Wildman–Crippen LogP) is 10.5. The van der Waals surface area contributed by atoms with Crippen LogP contribution < -0.4 is 0 Å². The summed E-state index contributed by atoms with van der Waals surface area (Å²) in [6.45, 7) is 14.5. The summed E-state index contributed by atoms with van der Waals surface area (Å²) >= 11 is 0. The Morgan fingerprint density at radius 1 is 0.833 bits per heavy atom. The van der Waals surface area contributed by atoms with Gasteiger partial charge in [0.05, 0.1) is 6.10 Å². The largest absolute Gasteiger partial charge is 0.463 e. The molecular formula is C47H82O7. The van der Waals surface area contributed by atoms with Crippen LogP contribution in [0.2, 0.25) is 0 Å². The lowest BCUT2D eigenvalue weighted by atomic mass is 9.47. The van der Waals surface area contributed by atoms with E-state index < -0.39 is 30.7 Å². The summed E-state index contributed by atoms with van der Waals surface area (Å²) in [7, 11) is 0. The Balaban J connectivity index is 1.04. The van der Waals surface area contributed by atoms with Gasteiger partial charge in [0.1, 0.15) is 31.0 Å². The lowest BCUT2D eigenvalue weighted by Gasteiger charge is -2.58. The zero-order valence-electron chi connectivity index (χ0n) is 35.5. The van der Waals surface area contributed by atoms with Gasteiger partial charge in [-0.1, -0.05) is 137 Å². The van der Waals surface area contributed by atoms with Gasteiger partial charge in [0.15, 0.2) is 6.29 Å². The van der Waals surface area contributed by atoms with Crippen LogP contribution in [0.4, 0.5) is 0 Å². The maximum Gasteiger partial charge on any atom is 0.305 e. The number of hydrogen-bond donors (Lipinski definition) is 3. The second-order valence-electron chi connectivity index (χ2n) is 19.8. The molecular weight excluding hydrogens is 677 g/mol. The van der Waals surface area contributed by atoms with Crippen molar-refractivity contribution < 1.29 is 34.3 Å². The van der Waals surface area contributed by atoms with Crippen molar-refractivity contribution in [1.82, 2.24) is 0 Å². The molecule has 7 heteroatoms. The minimum absolute atomic E-state index is 0.150. The van der Waals surface area contributed by atoms with Crippen LogP contribution in [0.15, 0.2) is 11.6 Å². The average molecular weight is 759 g/mol. The van der Waals surface area contributed by atoms with Gasteiger partial charge < -0.3 is 29.5 Å². The van der Waals surface area contributed by atoms with Crippen LogP contribution in [-0.2, 0) is 19.0 Å². The van der Waals surface area contributed by atoms with Crippen molar-refractivity contribution >= 4 is 5.97 Å². The molecule has 5 rings (SSSR count). The zero-order chi connectivity index (χ0) is 38.9. The van der Waals surface area contributed by atoms with Crippen molar-refractivity contribution in [3.63, 3.8) is 0 Å². The molecule has 5 aliphatic rings. The van der Waals surface area contributed by atoms with E-state index >= 15 is 0 Å².